The van der Waals surface area contributed by atoms with Crippen LogP contribution in [0.3, 0.4) is 0 Å². The largest absolute Gasteiger partial charge is 0.348 e. The molecule has 3 aromatic rings. The Kier molecular flexibility index (Phi) is 4.01. The molecule has 3 aliphatic heterocycles. The molecule has 0 aliphatic carbocycles. The summed E-state index contributed by atoms with van der Waals surface area (Å²) < 4.78 is 2.06. The standard InChI is InChI=1S/C23H25N3O/c1-16-3-2-4-18(11-16)19-5-6-21-12-20(14-26(21)13-19)23(27)24-22-15-25-9-7-17(22)8-10-25/h2-6,11-14,17,22H,7-10,15H2,1H3,(H,24,27). The van der Waals surface area contributed by atoms with Crippen molar-refractivity contribution >= 4 is 11.4 Å². The van der Waals surface area contributed by atoms with Crippen molar-refractivity contribution in [1.82, 2.24) is 14.6 Å². The monoisotopic (exact) mass is 359 g/mol. The minimum Gasteiger partial charge on any atom is -0.348 e. The van der Waals surface area contributed by atoms with Crippen LogP contribution < -0.4 is 5.32 Å². The van der Waals surface area contributed by atoms with E-state index in [0.717, 1.165) is 23.2 Å². The number of aromatic nitrogens is 1. The van der Waals surface area contributed by atoms with E-state index in [4.69, 9.17) is 0 Å². The van der Waals surface area contributed by atoms with Crippen molar-refractivity contribution < 1.29 is 4.79 Å². The van der Waals surface area contributed by atoms with Crippen molar-refractivity contribution in [1.29, 1.82) is 0 Å². The Hall–Kier alpha value is -2.59. The Morgan fingerprint density at radius 1 is 1.04 bits per heavy atom. The summed E-state index contributed by atoms with van der Waals surface area (Å²) in [5.41, 5.74) is 5.39. The van der Waals surface area contributed by atoms with E-state index in [2.05, 4.69) is 64.1 Å². The predicted octanol–water partition coefficient (Wildman–Crippen LogP) is 3.74. The minimum atomic E-state index is 0.0505. The van der Waals surface area contributed by atoms with Gasteiger partial charge in [-0.05, 0) is 62.0 Å². The third-order valence-electron chi connectivity index (χ3n) is 6.18. The summed E-state index contributed by atoms with van der Waals surface area (Å²) in [7, 11) is 0. The Morgan fingerprint density at radius 2 is 1.89 bits per heavy atom. The van der Waals surface area contributed by atoms with Crippen LogP contribution in [0.2, 0.25) is 0 Å². The van der Waals surface area contributed by atoms with Gasteiger partial charge in [-0.2, -0.15) is 0 Å². The van der Waals surface area contributed by atoms with Gasteiger partial charge in [0.05, 0.1) is 5.56 Å². The van der Waals surface area contributed by atoms with Gasteiger partial charge in [0.1, 0.15) is 0 Å². The van der Waals surface area contributed by atoms with Gasteiger partial charge < -0.3 is 14.6 Å². The molecule has 1 amide bonds. The molecule has 2 bridgehead atoms. The van der Waals surface area contributed by atoms with Crippen molar-refractivity contribution in [3.63, 3.8) is 0 Å². The average Bonchev–Trinajstić information content (AvgIpc) is 3.12. The zero-order chi connectivity index (χ0) is 18.4. The first kappa shape index (κ1) is 16.6. The second-order valence-corrected chi connectivity index (χ2v) is 8.07. The molecule has 5 heterocycles. The third kappa shape index (κ3) is 3.15. The lowest BCUT2D eigenvalue weighted by Crippen LogP contribution is -2.57. The molecule has 4 heteroatoms. The molecule has 0 radical (unpaired) electrons. The van der Waals surface area contributed by atoms with Crippen LogP contribution >= 0.6 is 0 Å². The number of rotatable bonds is 3. The highest BCUT2D eigenvalue weighted by Crippen LogP contribution is 2.28. The Balaban J connectivity index is 1.38. The number of carbonyl (C=O) groups is 1. The van der Waals surface area contributed by atoms with Crippen LogP contribution in [0.1, 0.15) is 28.8 Å². The topological polar surface area (TPSA) is 36.8 Å². The van der Waals surface area contributed by atoms with Crippen LogP contribution in [0, 0.1) is 12.8 Å². The molecule has 0 spiro atoms. The van der Waals surface area contributed by atoms with Gasteiger partial charge in [0, 0.05) is 30.5 Å². The summed E-state index contributed by atoms with van der Waals surface area (Å²) >= 11 is 0. The van der Waals surface area contributed by atoms with Gasteiger partial charge in [-0.1, -0.05) is 35.9 Å². The molecule has 1 N–H and O–H groups in total. The van der Waals surface area contributed by atoms with Crippen LogP contribution in [-0.2, 0) is 0 Å². The number of piperidine rings is 3. The number of carbonyl (C=O) groups excluding carboxylic acids is 1. The smallest absolute Gasteiger partial charge is 0.253 e. The first-order chi connectivity index (χ1) is 13.2. The van der Waals surface area contributed by atoms with E-state index < -0.39 is 0 Å². The maximum absolute atomic E-state index is 12.8. The number of amides is 1. The number of nitrogens with one attached hydrogen (secondary N) is 1. The zero-order valence-corrected chi connectivity index (χ0v) is 15.7. The highest BCUT2D eigenvalue weighted by Gasteiger charge is 2.35. The summed E-state index contributed by atoms with van der Waals surface area (Å²) in [4.78, 5) is 15.3. The lowest BCUT2D eigenvalue weighted by atomic mass is 9.84. The third-order valence-corrected chi connectivity index (χ3v) is 6.18. The van der Waals surface area contributed by atoms with Crippen molar-refractivity contribution in [2.24, 2.45) is 5.92 Å². The van der Waals surface area contributed by atoms with E-state index in [9.17, 15) is 4.79 Å². The molecule has 27 heavy (non-hydrogen) atoms. The van der Waals surface area contributed by atoms with Crippen LogP contribution in [0.15, 0.2) is 54.9 Å². The normalized spacial score (nSPS) is 24.3. The molecule has 0 saturated carbocycles. The molecule has 6 rings (SSSR count). The molecule has 1 aromatic carbocycles. The number of nitrogens with zero attached hydrogens (tertiary/aromatic N) is 2. The summed E-state index contributed by atoms with van der Waals surface area (Å²) in [6, 6.07) is 15.0. The van der Waals surface area contributed by atoms with Crippen molar-refractivity contribution in [2.75, 3.05) is 19.6 Å². The van der Waals surface area contributed by atoms with Crippen molar-refractivity contribution in [3.8, 4) is 11.1 Å². The van der Waals surface area contributed by atoms with Crippen molar-refractivity contribution in [3.05, 3.63) is 66.0 Å². The number of aryl methyl sites for hydroxylation is 1. The van der Waals surface area contributed by atoms with E-state index in [-0.39, 0.29) is 5.91 Å². The fourth-order valence-corrected chi connectivity index (χ4v) is 4.61. The maximum Gasteiger partial charge on any atom is 0.253 e. The number of fused-ring (bicyclic) bond motifs is 4. The van der Waals surface area contributed by atoms with Crippen molar-refractivity contribution in [2.45, 2.75) is 25.8 Å². The highest BCUT2D eigenvalue weighted by molar-refractivity contribution is 5.96. The van der Waals surface area contributed by atoms with Gasteiger partial charge in [-0.3, -0.25) is 4.79 Å². The van der Waals surface area contributed by atoms with Gasteiger partial charge >= 0.3 is 0 Å². The SMILES string of the molecule is Cc1cccc(-c2ccc3cc(C(=O)NC4CN5CCC4CC5)cn3c2)c1. The second kappa shape index (κ2) is 6.54. The van der Waals surface area contributed by atoms with Crippen LogP contribution in [0.25, 0.3) is 16.6 Å². The van der Waals surface area contributed by atoms with Gasteiger partial charge in [-0.25, -0.2) is 0 Å². The average molecular weight is 359 g/mol. The number of hydrogen-bond donors (Lipinski definition) is 1. The van der Waals surface area contributed by atoms with Crippen LogP contribution in [0.5, 0.6) is 0 Å². The van der Waals surface area contributed by atoms with E-state index in [1.54, 1.807) is 0 Å². The van der Waals surface area contributed by atoms with Gasteiger partial charge in [0.15, 0.2) is 0 Å². The second-order valence-electron chi connectivity index (χ2n) is 8.07. The molecule has 2 aromatic heterocycles. The molecular weight excluding hydrogens is 334 g/mol. The molecule has 3 saturated heterocycles. The Labute approximate surface area is 159 Å². The zero-order valence-electron chi connectivity index (χ0n) is 15.7. The van der Waals surface area contributed by atoms with E-state index in [0.29, 0.717) is 12.0 Å². The molecule has 3 aliphatic rings. The number of benzene rings is 1. The van der Waals surface area contributed by atoms with Crippen LogP contribution in [0.4, 0.5) is 0 Å². The number of pyridine rings is 1. The van der Waals surface area contributed by atoms with E-state index in [1.807, 2.05) is 12.3 Å². The maximum atomic E-state index is 12.8. The van der Waals surface area contributed by atoms with Crippen LogP contribution in [-0.4, -0.2) is 40.9 Å². The summed E-state index contributed by atoms with van der Waals surface area (Å²) in [5.74, 6) is 0.693. The number of hydrogen-bond acceptors (Lipinski definition) is 2. The fourth-order valence-electron chi connectivity index (χ4n) is 4.61. The predicted molar refractivity (Wildman–Crippen MR) is 108 cm³/mol. The molecule has 4 nitrogen and oxygen atoms in total. The molecule has 1 atom stereocenters. The van der Waals surface area contributed by atoms with Gasteiger partial charge in [-0.15, -0.1) is 0 Å². The van der Waals surface area contributed by atoms with Gasteiger partial charge in [0.2, 0.25) is 0 Å². The first-order valence-electron chi connectivity index (χ1n) is 9.88. The highest BCUT2D eigenvalue weighted by atomic mass is 16.1. The minimum absolute atomic E-state index is 0.0505. The lowest BCUT2D eigenvalue weighted by Gasteiger charge is -2.44. The Bertz CT molecular complexity index is 998. The Morgan fingerprint density at radius 3 is 2.63 bits per heavy atom. The summed E-state index contributed by atoms with van der Waals surface area (Å²) in [6.07, 6.45) is 6.48. The summed E-state index contributed by atoms with van der Waals surface area (Å²) in [5, 5.41) is 3.29. The molecule has 138 valence electrons. The molecular formula is C23H25N3O. The quantitative estimate of drug-likeness (QED) is 0.773. The summed E-state index contributed by atoms with van der Waals surface area (Å²) in [6.45, 7) is 5.49. The first-order valence-corrected chi connectivity index (χ1v) is 9.88. The van der Waals surface area contributed by atoms with E-state index >= 15 is 0 Å². The lowest BCUT2D eigenvalue weighted by molar-refractivity contribution is 0.0620. The van der Waals surface area contributed by atoms with Gasteiger partial charge in [0.25, 0.3) is 5.91 Å². The fraction of sp³-hybridized carbons (Fsp3) is 0.348. The molecule has 1 unspecified atom stereocenters. The molecule has 3 fully saturated rings. The van der Waals surface area contributed by atoms with E-state index in [1.165, 1.54) is 37.1 Å².